The maximum absolute atomic E-state index is 5.55. The van der Waals surface area contributed by atoms with E-state index in [4.69, 9.17) is 29.3 Å². The summed E-state index contributed by atoms with van der Waals surface area (Å²) in [4.78, 5) is 0. The summed E-state index contributed by atoms with van der Waals surface area (Å²) >= 11 is 5.55. The highest BCUT2D eigenvalue weighted by Crippen LogP contribution is 2.09. The van der Waals surface area contributed by atoms with E-state index >= 15 is 0 Å². The van der Waals surface area contributed by atoms with E-state index in [2.05, 4.69) is 0 Å². The SMILES string of the molecule is CO[Si](OC)(OC)OCCCCCCl. The van der Waals surface area contributed by atoms with Crippen molar-refractivity contribution in [3.05, 3.63) is 0 Å². The lowest BCUT2D eigenvalue weighted by molar-refractivity contribution is 0.00511. The van der Waals surface area contributed by atoms with Gasteiger partial charge in [0.2, 0.25) is 0 Å². The molecule has 0 saturated heterocycles. The van der Waals surface area contributed by atoms with Gasteiger partial charge in [0, 0.05) is 33.8 Å². The van der Waals surface area contributed by atoms with Gasteiger partial charge in [-0.05, 0) is 12.8 Å². The zero-order valence-corrected chi connectivity index (χ0v) is 10.8. The normalized spacial score (nSPS) is 12.0. The molecule has 0 atom stereocenters. The van der Waals surface area contributed by atoms with E-state index in [-0.39, 0.29) is 0 Å². The van der Waals surface area contributed by atoms with Crippen LogP contribution in [0.1, 0.15) is 19.3 Å². The van der Waals surface area contributed by atoms with E-state index in [9.17, 15) is 0 Å². The molecule has 0 aromatic heterocycles. The number of hydrogen-bond acceptors (Lipinski definition) is 4. The van der Waals surface area contributed by atoms with Crippen LogP contribution in [0.2, 0.25) is 0 Å². The van der Waals surface area contributed by atoms with Gasteiger partial charge < -0.3 is 17.7 Å². The third-order valence-electron chi connectivity index (χ3n) is 1.81. The topological polar surface area (TPSA) is 36.9 Å². The third kappa shape index (κ3) is 5.28. The molecule has 0 aliphatic heterocycles. The zero-order chi connectivity index (χ0) is 10.9. The fraction of sp³-hybridized carbons (Fsp3) is 1.00. The maximum atomic E-state index is 5.55. The first-order valence-corrected chi connectivity index (χ1v) is 6.76. The molecule has 4 nitrogen and oxygen atoms in total. The molecule has 86 valence electrons. The van der Waals surface area contributed by atoms with Gasteiger partial charge in [-0.25, -0.2) is 0 Å². The number of unbranched alkanes of at least 4 members (excludes halogenated alkanes) is 2. The predicted octanol–water partition coefficient (Wildman–Crippen LogP) is 1.79. The van der Waals surface area contributed by atoms with Gasteiger partial charge in [-0.15, -0.1) is 11.6 Å². The fourth-order valence-electron chi connectivity index (χ4n) is 0.997. The minimum Gasteiger partial charge on any atom is -0.355 e. The van der Waals surface area contributed by atoms with Gasteiger partial charge >= 0.3 is 9.05 Å². The molecule has 14 heavy (non-hydrogen) atoms. The summed E-state index contributed by atoms with van der Waals surface area (Å²) in [5.41, 5.74) is 0. The molecular formula is C8H19ClO4Si. The zero-order valence-electron chi connectivity index (χ0n) is 9.05. The minimum absolute atomic E-state index is 0.582. The summed E-state index contributed by atoms with van der Waals surface area (Å²) < 4.78 is 20.7. The van der Waals surface area contributed by atoms with Crippen molar-refractivity contribution in [2.45, 2.75) is 19.3 Å². The van der Waals surface area contributed by atoms with E-state index in [0.717, 1.165) is 19.3 Å². The first-order valence-electron chi connectivity index (χ1n) is 4.60. The summed E-state index contributed by atoms with van der Waals surface area (Å²) in [6.07, 6.45) is 3.00. The lowest BCUT2D eigenvalue weighted by Crippen LogP contribution is -2.46. The van der Waals surface area contributed by atoms with Gasteiger partial charge in [-0.1, -0.05) is 6.42 Å². The Morgan fingerprint density at radius 3 is 1.93 bits per heavy atom. The molecule has 0 heterocycles. The van der Waals surface area contributed by atoms with Crippen LogP contribution < -0.4 is 0 Å². The first kappa shape index (κ1) is 14.3. The van der Waals surface area contributed by atoms with Gasteiger partial charge in [-0.2, -0.15) is 0 Å². The van der Waals surface area contributed by atoms with E-state index in [1.165, 1.54) is 21.3 Å². The number of halogens is 1. The summed E-state index contributed by atoms with van der Waals surface area (Å²) in [6.45, 7) is 0.582. The highest BCUT2D eigenvalue weighted by atomic mass is 35.5. The molecule has 0 aromatic rings. The largest absolute Gasteiger partial charge is 0.678 e. The Bertz CT molecular complexity index is 124. The van der Waals surface area contributed by atoms with Crippen molar-refractivity contribution in [3.63, 3.8) is 0 Å². The molecule has 0 unspecified atom stereocenters. The van der Waals surface area contributed by atoms with Crippen LogP contribution >= 0.6 is 11.6 Å². The molecule has 0 rings (SSSR count). The van der Waals surface area contributed by atoms with E-state index in [1.54, 1.807) is 0 Å². The molecule has 0 bridgehead atoms. The van der Waals surface area contributed by atoms with Crippen LogP contribution in [0.5, 0.6) is 0 Å². The molecular weight excluding hydrogens is 224 g/mol. The second kappa shape index (κ2) is 8.64. The van der Waals surface area contributed by atoms with Gasteiger partial charge in [0.05, 0.1) is 0 Å². The van der Waals surface area contributed by atoms with Gasteiger partial charge in [0.15, 0.2) is 0 Å². The number of rotatable bonds is 9. The highest BCUT2D eigenvalue weighted by Gasteiger charge is 2.41. The standard InChI is InChI=1S/C8H19ClO4Si/c1-10-14(11-2,12-3)13-8-6-4-5-7-9/h4-8H2,1-3H3. The summed E-state index contributed by atoms with van der Waals surface area (Å²) in [5, 5.41) is 0. The van der Waals surface area contributed by atoms with Crippen molar-refractivity contribution in [2.24, 2.45) is 0 Å². The van der Waals surface area contributed by atoms with Crippen LogP contribution in [0.15, 0.2) is 0 Å². The smallest absolute Gasteiger partial charge is 0.355 e. The third-order valence-corrected chi connectivity index (χ3v) is 4.13. The molecule has 0 fully saturated rings. The van der Waals surface area contributed by atoms with Crippen LogP contribution in [0, 0.1) is 0 Å². The van der Waals surface area contributed by atoms with E-state index < -0.39 is 9.05 Å². The Morgan fingerprint density at radius 1 is 0.929 bits per heavy atom. The van der Waals surface area contributed by atoms with E-state index in [1.807, 2.05) is 0 Å². The fourth-order valence-corrected chi connectivity index (χ4v) is 2.43. The van der Waals surface area contributed by atoms with Crippen molar-refractivity contribution < 1.29 is 17.7 Å². The van der Waals surface area contributed by atoms with Crippen LogP contribution in [0.4, 0.5) is 0 Å². The molecule has 6 heteroatoms. The first-order chi connectivity index (χ1) is 6.74. The van der Waals surface area contributed by atoms with Crippen molar-refractivity contribution >= 4 is 20.6 Å². The Hall–Kier alpha value is 0.347. The molecule has 0 aromatic carbocycles. The molecule has 0 N–H and O–H groups in total. The van der Waals surface area contributed by atoms with Crippen molar-refractivity contribution in [1.29, 1.82) is 0 Å². The van der Waals surface area contributed by atoms with Crippen molar-refractivity contribution in [3.8, 4) is 0 Å². The predicted molar refractivity (Wildman–Crippen MR) is 57.3 cm³/mol. The molecule has 0 saturated carbocycles. The Labute approximate surface area is 91.9 Å². The lowest BCUT2D eigenvalue weighted by Gasteiger charge is -2.22. The average Bonchev–Trinajstić information content (AvgIpc) is 2.24. The summed E-state index contributed by atoms with van der Waals surface area (Å²) in [5.74, 6) is 0.696. The van der Waals surface area contributed by atoms with Crippen molar-refractivity contribution in [1.82, 2.24) is 0 Å². The average molecular weight is 243 g/mol. The van der Waals surface area contributed by atoms with E-state index in [0.29, 0.717) is 12.5 Å². The number of alkyl halides is 1. The van der Waals surface area contributed by atoms with Gasteiger partial charge in [0.25, 0.3) is 0 Å². The van der Waals surface area contributed by atoms with Crippen LogP contribution in [-0.2, 0) is 17.7 Å². The molecule has 0 aliphatic rings. The monoisotopic (exact) mass is 242 g/mol. The maximum Gasteiger partial charge on any atom is 0.678 e. The number of hydrogen-bond donors (Lipinski definition) is 0. The molecule has 0 radical (unpaired) electrons. The Balaban J connectivity index is 3.61. The quantitative estimate of drug-likeness (QED) is 0.351. The molecule has 0 spiro atoms. The van der Waals surface area contributed by atoms with Crippen LogP contribution in [0.3, 0.4) is 0 Å². The van der Waals surface area contributed by atoms with Gasteiger partial charge in [0.1, 0.15) is 0 Å². The molecule has 0 aliphatic carbocycles. The highest BCUT2D eigenvalue weighted by molar-refractivity contribution is 6.53. The lowest BCUT2D eigenvalue weighted by atomic mass is 10.3. The molecule has 0 amide bonds. The van der Waals surface area contributed by atoms with Gasteiger partial charge in [-0.3, -0.25) is 0 Å². The second-order valence-electron chi connectivity index (χ2n) is 2.71. The van der Waals surface area contributed by atoms with Crippen LogP contribution in [-0.4, -0.2) is 42.9 Å². The van der Waals surface area contributed by atoms with Crippen LogP contribution in [0.25, 0.3) is 0 Å². The minimum atomic E-state index is -2.81. The summed E-state index contributed by atoms with van der Waals surface area (Å²) in [7, 11) is 1.77. The van der Waals surface area contributed by atoms with Crippen molar-refractivity contribution in [2.75, 3.05) is 33.8 Å². The summed E-state index contributed by atoms with van der Waals surface area (Å²) in [6, 6.07) is 0. The Morgan fingerprint density at radius 2 is 1.50 bits per heavy atom. The second-order valence-corrected chi connectivity index (χ2v) is 5.60. The Kier molecular flexibility index (Phi) is 8.85.